The van der Waals surface area contributed by atoms with E-state index in [9.17, 15) is 4.79 Å². The standard InChI is InChI=1S/C15H19N3OS2/c1-3-4-10-5-6-11-13(7-10)21-15(17-11)18-14(19)12-8-20-9(2)16-12/h8,10H,3-7H2,1-2H3,(H,17,18,19). The van der Waals surface area contributed by atoms with Gasteiger partial charge in [-0.2, -0.15) is 0 Å². The number of carbonyl (C=O) groups excluding carboxylic acids is 1. The zero-order valence-electron chi connectivity index (χ0n) is 12.3. The summed E-state index contributed by atoms with van der Waals surface area (Å²) in [5.74, 6) is 0.628. The van der Waals surface area contributed by atoms with E-state index in [2.05, 4.69) is 22.2 Å². The smallest absolute Gasteiger partial charge is 0.276 e. The number of rotatable bonds is 4. The number of hydrogen-bond donors (Lipinski definition) is 1. The van der Waals surface area contributed by atoms with Gasteiger partial charge in [0.15, 0.2) is 5.13 Å². The number of anilines is 1. The zero-order chi connectivity index (χ0) is 14.8. The molecule has 1 N–H and O–H groups in total. The van der Waals surface area contributed by atoms with Crippen LogP contribution < -0.4 is 5.32 Å². The fourth-order valence-electron chi connectivity index (χ4n) is 2.78. The van der Waals surface area contributed by atoms with Crippen LogP contribution in [-0.2, 0) is 12.8 Å². The highest BCUT2D eigenvalue weighted by Crippen LogP contribution is 2.34. The van der Waals surface area contributed by atoms with Crippen molar-refractivity contribution in [2.75, 3.05) is 5.32 Å². The summed E-state index contributed by atoms with van der Waals surface area (Å²) in [5, 5.41) is 6.29. The second-order valence-corrected chi connectivity index (χ2v) is 7.64. The highest BCUT2D eigenvalue weighted by atomic mass is 32.1. The third-order valence-electron chi connectivity index (χ3n) is 3.81. The summed E-state index contributed by atoms with van der Waals surface area (Å²) in [7, 11) is 0. The maximum atomic E-state index is 12.1. The minimum Gasteiger partial charge on any atom is -0.296 e. The SMILES string of the molecule is CCCC1CCc2nc(NC(=O)c3csc(C)n3)sc2C1. The van der Waals surface area contributed by atoms with Crippen molar-refractivity contribution in [1.82, 2.24) is 9.97 Å². The van der Waals surface area contributed by atoms with Crippen LogP contribution in [0.2, 0.25) is 0 Å². The van der Waals surface area contributed by atoms with Gasteiger partial charge in [-0.3, -0.25) is 10.1 Å². The van der Waals surface area contributed by atoms with Crippen molar-refractivity contribution in [2.45, 2.75) is 46.0 Å². The molecule has 1 atom stereocenters. The third kappa shape index (κ3) is 3.32. The molecule has 2 aromatic heterocycles. The van der Waals surface area contributed by atoms with E-state index in [1.54, 1.807) is 16.7 Å². The number of carbonyl (C=O) groups is 1. The van der Waals surface area contributed by atoms with Crippen molar-refractivity contribution in [3.63, 3.8) is 0 Å². The van der Waals surface area contributed by atoms with E-state index in [1.807, 2.05) is 6.92 Å². The first-order valence-corrected chi connectivity index (χ1v) is 9.07. The van der Waals surface area contributed by atoms with Crippen LogP contribution in [0.4, 0.5) is 5.13 Å². The van der Waals surface area contributed by atoms with Crippen LogP contribution in [0.25, 0.3) is 0 Å². The van der Waals surface area contributed by atoms with Gasteiger partial charge in [-0.05, 0) is 32.1 Å². The Labute approximate surface area is 132 Å². The largest absolute Gasteiger partial charge is 0.296 e. The topological polar surface area (TPSA) is 54.9 Å². The molecule has 6 heteroatoms. The number of aromatic nitrogens is 2. The predicted octanol–water partition coefficient (Wildman–Crippen LogP) is 4.07. The monoisotopic (exact) mass is 321 g/mol. The molecule has 0 bridgehead atoms. The number of aryl methyl sites for hydroxylation is 2. The first-order valence-electron chi connectivity index (χ1n) is 7.37. The Kier molecular flexibility index (Phi) is 4.35. The minimum atomic E-state index is -0.157. The normalized spacial score (nSPS) is 17.5. The molecule has 3 rings (SSSR count). The second-order valence-electron chi connectivity index (χ2n) is 5.49. The predicted molar refractivity (Wildman–Crippen MR) is 87.3 cm³/mol. The third-order valence-corrected chi connectivity index (χ3v) is 5.62. The van der Waals surface area contributed by atoms with Crippen LogP contribution in [-0.4, -0.2) is 15.9 Å². The van der Waals surface area contributed by atoms with Crippen LogP contribution in [0.1, 0.15) is 52.3 Å². The number of amides is 1. The van der Waals surface area contributed by atoms with Gasteiger partial charge in [0.1, 0.15) is 5.69 Å². The molecule has 1 aliphatic rings. The van der Waals surface area contributed by atoms with E-state index >= 15 is 0 Å². The Bertz CT molecular complexity index is 647. The molecule has 21 heavy (non-hydrogen) atoms. The molecule has 4 nitrogen and oxygen atoms in total. The van der Waals surface area contributed by atoms with Crippen LogP contribution in [0.15, 0.2) is 5.38 Å². The minimum absolute atomic E-state index is 0.157. The van der Waals surface area contributed by atoms with Crippen molar-refractivity contribution in [1.29, 1.82) is 0 Å². The van der Waals surface area contributed by atoms with Crippen molar-refractivity contribution in [3.8, 4) is 0 Å². The van der Waals surface area contributed by atoms with E-state index in [-0.39, 0.29) is 5.91 Å². The van der Waals surface area contributed by atoms with Crippen molar-refractivity contribution < 1.29 is 4.79 Å². The molecule has 1 unspecified atom stereocenters. The van der Waals surface area contributed by atoms with Gasteiger partial charge in [-0.15, -0.1) is 22.7 Å². The molecule has 0 spiro atoms. The van der Waals surface area contributed by atoms with Crippen molar-refractivity contribution in [3.05, 3.63) is 26.7 Å². The Morgan fingerprint density at radius 2 is 2.33 bits per heavy atom. The highest BCUT2D eigenvalue weighted by molar-refractivity contribution is 7.16. The molecule has 0 aromatic carbocycles. The number of nitrogens with one attached hydrogen (secondary N) is 1. The van der Waals surface area contributed by atoms with Gasteiger partial charge in [-0.25, -0.2) is 9.97 Å². The fourth-order valence-corrected chi connectivity index (χ4v) is 4.49. The van der Waals surface area contributed by atoms with Gasteiger partial charge in [0.25, 0.3) is 5.91 Å². The summed E-state index contributed by atoms with van der Waals surface area (Å²) in [6.45, 7) is 4.14. The number of fused-ring (bicyclic) bond motifs is 1. The molecular weight excluding hydrogens is 302 g/mol. The quantitative estimate of drug-likeness (QED) is 0.923. The average molecular weight is 321 g/mol. The van der Waals surface area contributed by atoms with Gasteiger partial charge in [0.05, 0.1) is 10.7 Å². The van der Waals surface area contributed by atoms with Crippen LogP contribution in [0.5, 0.6) is 0 Å². The van der Waals surface area contributed by atoms with Crippen molar-refractivity contribution in [2.24, 2.45) is 5.92 Å². The molecule has 0 saturated heterocycles. The average Bonchev–Trinajstić information content (AvgIpc) is 3.04. The molecule has 2 aromatic rings. The molecule has 0 fully saturated rings. The van der Waals surface area contributed by atoms with Crippen LogP contribution in [0.3, 0.4) is 0 Å². The molecular formula is C15H19N3OS2. The number of nitrogens with zero attached hydrogens (tertiary/aromatic N) is 2. The van der Waals surface area contributed by atoms with E-state index in [1.165, 1.54) is 41.2 Å². The molecule has 0 aliphatic heterocycles. The van der Waals surface area contributed by atoms with Gasteiger partial charge in [0.2, 0.25) is 0 Å². The number of thiazole rings is 2. The summed E-state index contributed by atoms with van der Waals surface area (Å²) >= 11 is 3.11. The summed E-state index contributed by atoms with van der Waals surface area (Å²) in [4.78, 5) is 22.2. The maximum Gasteiger partial charge on any atom is 0.276 e. The Morgan fingerprint density at radius 3 is 3.05 bits per heavy atom. The Balaban J connectivity index is 1.69. The van der Waals surface area contributed by atoms with Crippen LogP contribution >= 0.6 is 22.7 Å². The maximum absolute atomic E-state index is 12.1. The van der Waals surface area contributed by atoms with Gasteiger partial charge < -0.3 is 0 Å². The van der Waals surface area contributed by atoms with Crippen LogP contribution in [0, 0.1) is 12.8 Å². The molecule has 1 amide bonds. The van der Waals surface area contributed by atoms with E-state index < -0.39 is 0 Å². The lowest BCUT2D eigenvalue weighted by Gasteiger charge is -2.19. The van der Waals surface area contributed by atoms with Gasteiger partial charge in [-0.1, -0.05) is 19.8 Å². The molecule has 112 valence electrons. The Hall–Kier alpha value is -1.27. The molecule has 2 heterocycles. The lowest BCUT2D eigenvalue weighted by molar-refractivity contribution is 0.102. The first kappa shape index (κ1) is 14.7. The van der Waals surface area contributed by atoms with E-state index in [0.29, 0.717) is 10.8 Å². The highest BCUT2D eigenvalue weighted by Gasteiger charge is 2.23. The fraction of sp³-hybridized carbons (Fsp3) is 0.533. The molecule has 0 saturated carbocycles. The van der Waals surface area contributed by atoms with E-state index in [4.69, 9.17) is 0 Å². The van der Waals surface area contributed by atoms with Crippen molar-refractivity contribution >= 4 is 33.7 Å². The summed E-state index contributed by atoms with van der Waals surface area (Å²) in [5.41, 5.74) is 1.66. The lowest BCUT2D eigenvalue weighted by atomic mass is 9.88. The second kappa shape index (κ2) is 6.23. The van der Waals surface area contributed by atoms with Gasteiger partial charge >= 0.3 is 0 Å². The van der Waals surface area contributed by atoms with Gasteiger partial charge in [0, 0.05) is 10.3 Å². The summed E-state index contributed by atoms with van der Waals surface area (Å²) in [6.07, 6.45) is 5.92. The summed E-state index contributed by atoms with van der Waals surface area (Å²) in [6, 6.07) is 0. The molecule has 1 aliphatic carbocycles. The van der Waals surface area contributed by atoms with E-state index in [0.717, 1.165) is 23.8 Å². The zero-order valence-corrected chi connectivity index (χ0v) is 13.9. The first-order chi connectivity index (χ1) is 10.2. The molecule has 0 radical (unpaired) electrons. The lowest BCUT2D eigenvalue weighted by Crippen LogP contribution is -2.13. The Morgan fingerprint density at radius 1 is 1.48 bits per heavy atom. The summed E-state index contributed by atoms with van der Waals surface area (Å²) < 4.78 is 0. The number of hydrogen-bond acceptors (Lipinski definition) is 5.